The predicted molar refractivity (Wildman–Crippen MR) is 88.2 cm³/mol. The fourth-order valence-electron chi connectivity index (χ4n) is 2.84. The molecular weight excluding hydrogens is 258 g/mol. The summed E-state index contributed by atoms with van der Waals surface area (Å²) in [6, 6.07) is 16.5. The van der Waals surface area contributed by atoms with Crippen LogP contribution >= 0.6 is 0 Å². The lowest BCUT2D eigenvalue weighted by molar-refractivity contribution is 0.0136. The number of benzene rings is 2. The van der Waals surface area contributed by atoms with Gasteiger partial charge in [-0.15, -0.1) is 0 Å². The van der Waals surface area contributed by atoms with Crippen LogP contribution in [-0.2, 0) is 6.42 Å². The first-order chi connectivity index (χ1) is 9.95. The molecule has 2 rings (SSSR count). The van der Waals surface area contributed by atoms with E-state index < -0.39 is 5.72 Å². The van der Waals surface area contributed by atoms with Crippen LogP contribution in [0.25, 0.3) is 0 Å². The summed E-state index contributed by atoms with van der Waals surface area (Å²) in [5.74, 6) is -0.107. The molecule has 0 heterocycles. The normalized spacial score (nSPS) is 15.5. The zero-order valence-corrected chi connectivity index (χ0v) is 13.1. The fraction of sp³-hybridized carbons (Fsp3) is 0.368. The van der Waals surface area contributed by atoms with Gasteiger partial charge in [0.15, 0.2) is 0 Å². The van der Waals surface area contributed by atoms with Crippen LogP contribution in [-0.4, -0.2) is 10.8 Å². The molecule has 0 aromatic heterocycles. The summed E-state index contributed by atoms with van der Waals surface area (Å²) in [7, 11) is 0. The molecule has 0 bridgehead atoms. The van der Waals surface area contributed by atoms with Crippen LogP contribution in [0.5, 0.6) is 0 Å². The molecule has 0 fully saturated rings. The van der Waals surface area contributed by atoms with Crippen LogP contribution in [0, 0.1) is 13.8 Å². The third-order valence-electron chi connectivity index (χ3n) is 4.42. The van der Waals surface area contributed by atoms with E-state index in [0.29, 0.717) is 6.42 Å². The maximum atomic E-state index is 10.7. The molecule has 0 aliphatic rings. The van der Waals surface area contributed by atoms with Gasteiger partial charge in [0.25, 0.3) is 0 Å². The van der Waals surface area contributed by atoms with Crippen molar-refractivity contribution in [3.8, 4) is 0 Å². The summed E-state index contributed by atoms with van der Waals surface area (Å²) in [5.41, 5.74) is 9.80. The minimum absolute atomic E-state index is 0.107. The van der Waals surface area contributed by atoms with Crippen LogP contribution in [0.4, 0.5) is 0 Å². The summed E-state index contributed by atoms with van der Waals surface area (Å²) in [4.78, 5) is 0. The monoisotopic (exact) mass is 283 g/mol. The maximum absolute atomic E-state index is 10.7. The molecule has 3 N–H and O–H groups in total. The van der Waals surface area contributed by atoms with Crippen molar-refractivity contribution in [2.45, 2.75) is 45.3 Å². The molecule has 2 unspecified atom stereocenters. The third kappa shape index (κ3) is 3.52. The van der Waals surface area contributed by atoms with Crippen molar-refractivity contribution in [1.82, 2.24) is 0 Å². The smallest absolute Gasteiger partial charge is 0.120 e. The van der Waals surface area contributed by atoms with Crippen LogP contribution in [0.15, 0.2) is 48.5 Å². The average molecular weight is 283 g/mol. The second-order valence-corrected chi connectivity index (χ2v) is 5.88. The Hall–Kier alpha value is -1.64. The highest BCUT2D eigenvalue weighted by Crippen LogP contribution is 2.33. The minimum Gasteiger partial charge on any atom is -0.375 e. The molecule has 0 aliphatic heterocycles. The molecule has 0 aliphatic carbocycles. The number of aliphatic hydroxyl groups is 1. The van der Waals surface area contributed by atoms with Gasteiger partial charge in [0.1, 0.15) is 5.72 Å². The minimum atomic E-state index is -1.20. The highest BCUT2D eigenvalue weighted by molar-refractivity contribution is 5.35. The molecule has 0 radical (unpaired) electrons. The lowest BCUT2D eigenvalue weighted by Gasteiger charge is -2.33. The van der Waals surface area contributed by atoms with E-state index in [1.165, 1.54) is 16.7 Å². The third-order valence-corrected chi connectivity index (χ3v) is 4.42. The lowest BCUT2D eigenvalue weighted by atomic mass is 9.80. The SMILES string of the molecule is CCC(N)(O)C(Cc1ccccc1C)c1ccccc1C. The van der Waals surface area contributed by atoms with Gasteiger partial charge in [0.2, 0.25) is 0 Å². The first kappa shape index (κ1) is 15.7. The van der Waals surface area contributed by atoms with E-state index in [1.54, 1.807) is 0 Å². The summed E-state index contributed by atoms with van der Waals surface area (Å²) >= 11 is 0. The maximum Gasteiger partial charge on any atom is 0.120 e. The Labute approximate surface area is 127 Å². The molecule has 112 valence electrons. The van der Waals surface area contributed by atoms with Gasteiger partial charge in [-0.3, -0.25) is 0 Å². The van der Waals surface area contributed by atoms with E-state index in [2.05, 4.69) is 38.1 Å². The van der Waals surface area contributed by atoms with Crippen LogP contribution in [0.3, 0.4) is 0 Å². The van der Waals surface area contributed by atoms with E-state index >= 15 is 0 Å². The quantitative estimate of drug-likeness (QED) is 0.822. The van der Waals surface area contributed by atoms with E-state index in [-0.39, 0.29) is 5.92 Å². The summed E-state index contributed by atoms with van der Waals surface area (Å²) in [6.45, 7) is 6.11. The Balaban J connectivity index is 2.43. The number of hydrogen-bond acceptors (Lipinski definition) is 2. The zero-order chi connectivity index (χ0) is 15.5. The van der Waals surface area contributed by atoms with Gasteiger partial charge in [0, 0.05) is 5.92 Å². The molecule has 21 heavy (non-hydrogen) atoms. The topological polar surface area (TPSA) is 46.2 Å². The van der Waals surface area contributed by atoms with Crippen molar-refractivity contribution in [2.24, 2.45) is 5.73 Å². The van der Waals surface area contributed by atoms with Crippen LogP contribution in [0.2, 0.25) is 0 Å². The second kappa shape index (κ2) is 6.42. The van der Waals surface area contributed by atoms with Gasteiger partial charge >= 0.3 is 0 Å². The van der Waals surface area contributed by atoms with Crippen molar-refractivity contribution in [1.29, 1.82) is 0 Å². The molecule has 0 amide bonds. The van der Waals surface area contributed by atoms with Crippen molar-refractivity contribution < 1.29 is 5.11 Å². The Morgan fingerprint density at radius 2 is 1.57 bits per heavy atom. The molecule has 2 heteroatoms. The molecule has 0 spiro atoms. The Bertz CT molecular complexity index is 604. The van der Waals surface area contributed by atoms with Gasteiger partial charge in [-0.2, -0.15) is 0 Å². The predicted octanol–water partition coefficient (Wildman–Crippen LogP) is 3.69. The van der Waals surface area contributed by atoms with Crippen molar-refractivity contribution >= 4 is 0 Å². The molecule has 2 atom stereocenters. The van der Waals surface area contributed by atoms with Crippen LogP contribution < -0.4 is 5.73 Å². The second-order valence-electron chi connectivity index (χ2n) is 5.88. The van der Waals surface area contributed by atoms with E-state index in [0.717, 1.165) is 12.0 Å². The zero-order valence-electron chi connectivity index (χ0n) is 13.1. The molecule has 0 saturated heterocycles. The van der Waals surface area contributed by atoms with Crippen molar-refractivity contribution in [3.63, 3.8) is 0 Å². The lowest BCUT2D eigenvalue weighted by Crippen LogP contribution is -2.46. The fourth-order valence-corrected chi connectivity index (χ4v) is 2.84. The first-order valence-electron chi connectivity index (χ1n) is 7.57. The standard InChI is InChI=1S/C19H25NO/c1-4-19(20,21)18(17-12-8-6-10-15(17)3)13-16-11-7-5-9-14(16)2/h5-12,18,21H,4,13,20H2,1-3H3. The van der Waals surface area contributed by atoms with E-state index in [4.69, 9.17) is 5.73 Å². The Morgan fingerprint density at radius 3 is 2.14 bits per heavy atom. The van der Waals surface area contributed by atoms with Gasteiger partial charge in [0.05, 0.1) is 0 Å². The van der Waals surface area contributed by atoms with Gasteiger partial charge in [-0.05, 0) is 48.9 Å². The van der Waals surface area contributed by atoms with Crippen molar-refractivity contribution in [3.05, 3.63) is 70.8 Å². The Kier molecular flexibility index (Phi) is 4.81. The highest BCUT2D eigenvalue weighted by atomic mass is 16.3. The molecule has 2 aromatic carbocycles. The van der Waals surface area contributed by atoms with E-state index in [9.17, 15) is 5.11 Å². The first-order valence-corrected chi connectivity index (χ1v) is 7.57. The van der Waals surface area contributed by atoms with Crippen LogP contribution in [0.1, 0.15) is 41.5 Å². The van der Waals surface area contributed by atoms with Gasteiger partial charge < -0.3 is 10.8 Å². The van der Waals surface area contributed by atoms with E-state index in [1.807, 2.05) is 31.2 Å². The number of aryl methyl sites for hydroxylation is 2. The molecule has 2 aromatic rings. The number of hydrogen-bond donors (Lipinski definition) is 2. The number of rotatable bonds is 5. The number of nitrogens with two attached hydrogens (primary N) is 1. The van der Waals surface area contributed by atoms with Crippen molar-refractivity contribution in [2.75, 3.05) is 0 Å². The highest BCUT2D eigenvalue weighted by Gasteiger charge is 2.33. The summed E-state index contributed by atoms with van der Waals surface area (Å²) < 4.78 is 0. The molecule has 0 saturated carbocycles. The largest absolute Gasteiger partial charge is 0.375 e. The molecule has 2 nitrogen and oxygen atoms in total. The molecular formula is C19H25NO. The average Bonchev–Trinajstić information content (AvgIpc) is 2.47. The van der Waals surface area contributed by atoms with Gasteiger partial charge in [-0.1, -0.05) is 55.5 Å². The Morgan fingerprint density at radius 1 is 1.00 bits per heavy atom. The summed E-state index contributed by atoms with van der Waals surface area (Å²) in [6.07, 6.45) is 1.27. The van der Waals surface area contributed by atoms with Gasteiger partial charge in [-0.25, -0.2) is 0 Å². The summed E-state index contributed by atoms with van der Waals surface area (Å²) in [5, 5.41) is 10.7.